The van der Waals surface area contributed by atoms with E-state index in [0.717, 1.165) is 10.3 Å². The van der Waals surface area contributed by atoms with E-state index in [2.05, 4.69) is 4.98 Å². The lowest BCUT2D eigenvalue weighted by Crippen LogP contribution is -2.06. The second-order valence-corrected chi connectivity index (χ2v) is 3.44. The highest BCUT2D eigenvalue weighted by Gasteiger charge is 1.98. The summed E-state index contributed by atoms with van der Waals surface area (Å²) in [5.74, 6) is 0. The van der Waals surface area contributed by atoms with Gasteiger partial charge in [-0.2, -0.15) is 0 Å². The number of nitrogens with zero attached hydrogens (tertiary/aromatic N) is 2. The predicted molar refractivity (Wildman–Crippen MR) is 63.2 cm³/mol. The van der Waals surface area contributed by atoms with Crippen molar-refractivity contribution in [2.75, 3.05) is 0 Å². The normalized spacial score (nSPS) is 11.4. The van der Waals surface area contributed by atoms with E-state index in [0.29, 0.717) is 12.2 Å². The molecule has 2 aromatic rings. The number of hydrogen-bond acceptors (Lipinski definition) is 2. The molecular weight excluding hydrogens is 200 g/mol. The Balaban J connectivity index is 2.09. The van der Waals surface area contributed by atoms with E-state index in [4.69, 9.17) is 0 Å². The van der Waals surface area contributed by atoms with Crippen LogP contribution in [0.3, 0.4) is 0 Å². The molecule has 0 aliphatic carbocycles. The van der Waals surface area contributed by atoms with Gasteiger partial charge >= 0.3 is 0 Å². The van der Waals surface area contributed by atoms with Crippen molar-refractivity contribution in [2.24, 2.45) is 0 Å². The summed E-state index contributed by atoms with van der Waals surface area (Å²) in [7, 11) is 0. The smallest absolute Gasteiger partial charge is 0.200 e. The first kappa shape index (κ1) is 10.4. The fourth-order valence-electron chi connectivity index (χ4n) is 1.41. The Kier molecular flexibility index (Phi) is 3.28. The molecule has 0 amide bonds. The van der Waals surface area contributed by atoms with E-state index in [1.54, 1.807) is 12.3 Å². The quantitative estimate of drug-likeness (QED) is 0.338. The summed E-state index contributed by atoms with van der Waals surface area (Å²) in [6.45, 7) is 0.345. The van der Waals surface area contributed by atoms with Gasteiger partial charge in [0.05, 0.1) is 0 Å². The number of benzene rings is 1. The number of rotatable bonds is 3. The minimum Gasteiger partial charge on any atom is -0.623 e. The SMILES string of the molecule is [O-][N+](=Cc1ccccn1)Cc1ccccc1. The van der Waals surface area contributed by atoms with Crippen molar-refractivity contribution < 1.29 is 4.74 Å². The number of hydrogen-bond donors (Lipinski definition) is 0. The molecular formula is C13H12N2O. The van der Waals surface area contributed by atoms with E-state index < -0.39 is 0 Å². The molecule has 0 aliphatic rings. The van der Waals surface area contributed by atoms with Crippen LogP contribution < -0.4 is 0 Å². The summed E-state index contributed by atoms with van der Waals surface area (Å²) < 4.78 is 0.887. The fraction of sp³-hybridized carbons (Fsp3) is 0.0769. The van der Waals surface area contributed by atoms with Crippen molar-refractivity contribution in [3.05, 3.63) is 71.2 Å². The van der Waals surface area contributed by atoms with Crippen LogP contribution in [-0.4, -0.2) is 15.9 Å². The van der Waals surface area contributed by atoms with Crippen molar-refractivity contribution >= 4 is 6.21 Å². The van der Waals surface area contributed by atoms with Gasteiger partial charge in [-0.3, -0.25) is 4.98 Å². The summed E-state index contributed by atoms with van der Waals surface area (Å²) in [5, 5.41) is 11.6. The summed E-state index contributed by atoms with van der Waals surface area (Å²) >= 11 is 0. The molecule has 0 radical (unpaired) electrons. The van der Waals surface area contributed by atoms with Crippen molar-refractivity contribution in [3.63, 3.8) is 0 Å². The Morgan fingerprint density at radius 1 is 1.06 bits per heavy atom. The van der Waals surface area contributed by atoms with E-state index in [1.807, 2.05) is 42.5 Å². The van der Waals surface area contributed by atoms with Gasteiger partial charge in [-0.05, 0) is 12.1 Å². The summed E-state index contributed by atoms with van der Waals surface area (Å²) in [5.41, 5.74) is 1.66. The topological polar surface area (TPSA) is 39.0 Å². The van der Waals surface area contributed by atoms with Crippen LogP contribution in [0.4, 0.5) is 0 Å². The molecule has 3 heteroatoms. The van der Waals surface area contributed by atoms with E-state index in [1.165, 1.54) is 6.21 Å². The first-order chi connectivity index (χ1) is 7.84. The van der Waals surface area contributed by atoms with Gasteiger partial charge in [0.15, 0.2) is 6.54 Å². The lowest BCUT2D eigenvalue weighted by Gasteiger charge is -2.03. The van der Waals surface area contributed by atoms with Crippen LogP contribution >= 0.6 is 0 Å². The average Bonchev–Trinajstić information content (AvgIpc) is 2.31. The van der Waals surface area contributed by atoms with Crippen LogP contribution in [0.5, 0.6) is 0 Å². The first-order valence-electron chi connectivity index (χ1n) is 5.08. The lowest BCUT2D eigenvalue weighted by atomic mass is 10.2. The molecule has 0 fully saturated rings. The Labute approximate surface area is 94.3 Å². The molecule has 0 unspecified atom stereocenters. The molecule has 0 spiro atoms. The third-order valence-electron chi connectivity index (χ3n) is 2.15. The molecule has 0 saturated carbocycles. The van der Waals surface area contributed by atoms with Crippen molar-refractivity contribution in [2.45, 2.75) is 6.54 Å². The molecule has 0 aliphatic heterocycles. The van der Waals surface area contributed by atoms with Crippen LogP contribution in [0.25, 0.3) is 0 Å². The minimum absolute atomic E-state index is 0.345. The fourth-order valence-corrected chi connectivity index (χ4v) is 1.41. The van der Waals surface area contributed by atoms with Gasteiger partial charge < -0.3 is 5.21 Å². The molecule has 1 heterocycles. The monoisotopic (exact) mass is 212 g/mol. The predicted octanol–water partition coefficient (Wildman–Crippen LogP) is 2.21. The number of aromatic nitrogens is 1. The van der Waals surface area contributed by atoms with Crippen molar-refractivity contribution in [1.82, 2.24) is 4.98 Å². The molecule has 0 bridgehead atoms. The Hall–Kier alpha value is -2.16. The zero-order valence-electron chi connectivity index (χ0n) is 8.78. The second kappa shape index (κ2) is 5.07. The Bertz CT molecular complexity index is 466. The van der Waals surface area contributed by atoms with Gasteiger partial charge in [-0.1, -0.05) is 36.4 Å². The molecule has 0 atom stereocenters. The van der Waals surface area contributed by atoms with Gasteiger partial charge in [-0.25, -0.2) is 4.74 Å². The Morgan fingerprint density at radius 2 is 1.81 bits per heavy atom. The highest BCUT2D eigenvalue weighted by Crippen LogP contribution is 2.00. The highest BCUT2D eigenvalue weighted by atomic mass is 16.5. The van der Waals surface area contributed by atoms with Gasteiger partial charge in [0, 0.05) is 11.8 Å². The van der Waals surface area contributed by atoms with E-state index in [9.17, 15) is 5.21 Å². The molecule has 0 saturated heterocycles. The molecule has 16 heavy (non-hydrogen) atoms. The van der Waals surface area contributed by atoms with E-state index in [-0.39, 0.29) is 0 Å². The maximum Gasteiger partial charge on any atom is 0.200 e. The van der Waals surface area contributed by atoms with Crippen molar-refractivity contribution in [3.8, 4) is 0 Å². The molecule has 1 aromatic heterocycles. The molecule has 80 valence electrons. The molecule has 2 rings (SSSR count). The van der Waals surface area contributed by atoms with Gasteiger partial charge in [0.25, 0.3) is 0 Å². The molecule has 1 aromatic carbocycles. The van der Waals surface area contributed by atoms with Crippen LogP contribution in [0.2, 0.25) is 0 Å². The summed E-state index contributed by atoms with van der Waals surface area (Å²) in [6, 6.07) is 15.1. The van der Waals surface area contributed by atoms with Crippen LogP contribution in [0.1, 0.15) is 11.3 Å². The third-order valence-corrected chi connectivity index (χ3v) is 2.15. The largest absolute Gasteiger partial charge is 0.623 e. The average molecular weight is 212 g/mol. The maximum absolute atomic E-state index is 11.6. The van der Waals surface area contributed by atoms with Crippen molar-refractivity contribution in [1.29, 1.82) is 0 Å². The maximum atomic E-state index is 11.6. The number of hydroxylamine groups is 1. The van der Waals surface area contributed by atoms with E-state index >= 15 is 0 Å². The third kappa shape index (κ3) is 2.92. The summed E-state index contributed by atoms with van der Waals surface area (Å²) in [6.07, 6.45) is 3.16. The highest BCUT2D eigenvalue weighted by molar-refractivity contribution is 5.72. The zero-order chi connectivity index (χ0) is 11.2. The lowest BCUT2D eigenvalue weighted by molar-refractivity contribution is -0.469. The summed E-state index contributed by atoms with van der Waals surface area (Å²) in [4.78, 5) is 4.06. The molecule has 0 N–H and O–H groups in total. The van der Waals surface area contributed by atoms with Crippen LogP contribution in [-0.2, 0) is 6.54 Å². The standard InChI is InChI=1S/C13H12N2O/c16-15(10-12-6-2-1-3-7-12)11-13-8-4-5-9-14-13/h1-9,11H,10H2. The second-order valence-electron chi connectivity index (χ2n) is 3.44. The zero-order valence-corrected chi connectivity index (χ0v) is 8.78. The first-order valence-corrected chi connectivity index (χ1v) is 5.08. The number of pyridine rings is 1. The minimum atomic E-state index is 0.345. The van der Waals surface area contributed by atoms with Gasteiger partial charge in [0.1, 0.15) is 5.69 Å². The van der Waals surface area contributed by atoms with Gasteiger partial charge in [-0.15, -0.1) is 0 Å². The Morgan fingerprint density at radius 3 is 2.50 bits per heavy atom. The van der Waals surface area contributed by atoms with Crippen LogP contribution in [0.15, 0.2) is 54.7 Å². The van der Waals surface area contributed by atoms with Crippen LogP contribution in [0, 0.1) is 5.21 Å². The molecule has 3 nitrogen and oxygen atoms in total. The van der Waals surface area contributed by atoms with Gasteiger partial charge in [0.2, 0.25) is 6.21 Å².